The van der Waals surface area contributed by atoms with Gasteiger partial charge in [-0.15, -0.1) is 11.3 Å². The maximum Gasteiger partial charge on any atom is 0.254 e. The number of methoxy groups -OCH3 is 1. The fourth-order valence-electron chi connectivity index (χ4n) is 3.29. The van der Waals surface area contributed by atoms with E-state index in [1.54, 1.807) is 30.6 Å². The predicted molar refractivity (Wildman–Crippen MR) is 116 cm³/mol. The number of ether oxygens (including phenoxy) is 2. The molecule has 0 radical (unpaired) electrons. The molecule has 0 unspecified atom stereocenters. The van der Waals surface area contributed by atoms with Crippen LogP contribution in [0.4, 0.5) is 0 Å². The number of carbonyl (C=O) groups is 1. The zero-order valence-corrected chi connectivity index (χ0v) is 18.8. The summed E-state index contributed by atoms with van der Waals surface area (Å²) in [5, 5.41) is 3.70. The third-order valence-corrected chi connectivity index (χ3v) is 6.20. The standard InChI is InChI=1S/C21H28ClN3O3S/c1-4-10-28-20-17(22)11-15(12-18(20)27-3)21(26)25-8-6-24(7-9-25)13-16-14-29-19(5-2)23-16/h11-12,14H,4-10,13H2,1-3H3. The molecule has 8 heteroatoms. The zero-order valence-electron chi connectivity index (χ0n) is 17.2. The van der Waals surface area contributed by atoms with E-state index in [4.69, 9.17) is 21.1 Å². The number of aryl methyl sites for hydroxylation is 1. The first kappa shape index (κ1) is 21.9. The van der Waals surface area contributed by atoms with Crippen molar-refractivity contribution in [2.24, 2.45) is 0 Å². The van der Waals surface area contributed by atoms with Gasteiger partial charge in [0.05, 0.1) is 29.4 Å². The minimum atomic E-state index is -0.0335. The van der Waals surface area contributed by atoms with Crippen LogP contribution < -0.4 is 9.47 Å². The maximum atomic E-state index is 13.0. The number of amides is 1. The van der Waals surface area contributed by atoms with Crippen LogP contribution in [0.2, 0.25) is 5.02 Å². The van der Waals surface area contributed by atoms with E-state index in [9.17, 15) is 4.79 Å². The number of thiazole rings is 1. The number of halogens is 1. The summed E-state index contributed by atoms with van der Waals surface area (Å²) in [6.07, 6.45) is 1.84. The maximum absolute atomic E-state index is 13.0. The van der Waals surface area contributed by atoms with Gasteiger partial charge in [0.2, 0.25) is 0 Å². The van der Waals surface area contributed by atoms with E-state index in [1.165, 1.54) is 5.01 Å². The summed E-state index contributed by atoms with van der Waals surface area (Å²) >= 11 is 8.08. The largest absolute Gasteiger partial charge is 0.493 e. The molecule has 3 rings (SSSR count). The van der Waals surface area contributed by atoms with E-state index in [1.807, 2.05) is 11.8 Å². The molecule has 1 aliphatic heterocycles. The Labute approximate surface area is 181 Å². The van der Waals surface area contributed by atoms with Gasteiger partial charge >= 0.3 is 0 Å². The second kappa shape index (κ2) is 10.3. The van der Waals surface area contributed by atoms with Gasteiger partial charge < -0.3 is 14.4 Å². The molecule has 6 nitrogen and oxygen atoms in total. The normalized spacial score (nSPS) is 14.8. The van der Waals surface area contributed by atoms with Crippen LogP contribution in [0, 0.1) is 0 Å². The third-order valence-electron chi connectivity index (χ3n) is 4.87. The molecule has 1 aromatic carbocycles. The zero-order chi connectivity index (χ0) is 20.8. The molecular formula is C21H28ClN3O3S. The summed E-state index contributed by atoms with van der Waals surface area (Å²) in [5.41, 5.74) is 1.64. The molecule has 0 saturated carbocycles. The number of benzene rings is 1. The van der Waals surface area contributed by atoms with Gasteiger partial charge in [0.1, 0.15) is 0 Å². The van der Waals surface area contributed by atoms with Crippen LogP contribution in [0.1, 0.15) is 41.3 Å². The fraction of sp³-hybridized carbons (Fsp3) is 0.524. The summed E-state index contributed by atoms with van der Waals surface area (Å²) in [7, 11) is 1.56. The number of nitrogens with zero attached hydrogens (tertiary/aromatic N) is 3. The van der Waals surface area contributed by atoms with Gasteiger partial charge in [-0.3, -0.25) is 9.69 Å². The highest BCUT2D eigenvalue weighted by Gasteiger charge is 2.24. The van der Waals surface area contributed by atoms with Crippen molar-refractivity contribution in [2.45, 2.75) is 33.2 Å². The van der Waals surface area contributed by atoms with Crippen molar-refractivity contribution in [3.05, 3.63) is 38.8 Å². The van der Waals surface area contributed by atoms with Crippen molar-refractivity contribution in [2.75, 3.05) is 39.9 Å². The molecule has 1 fully saturated rings. The molecule has 2 heterocycles. The van der Waals surface area contributed by atoms with Crippen molar-refractivity contribution in [3.8, 4) is 11.5 Å². The number of hydrogen-bond donors (Lipinski definition) is 0. The lowest BCUT2D eigenvalue weighted by molar-refractivity contribution is 0.0627. The van der Waals surface area contributed by atoms with E-state index in [-0.39, 0.29) is 5.91 Å². The van der Waals surface area contributed by atoms with Gasteiger partial charge in [-0.05, 0) is 25.0 Å². The number of carbonyl (C=O) groups excluding carboxylic acids is 1. The van der Waals surface area contributed by atoms with Crippen LogP contribution in [0.15, 0.2) is 17.5 Å². The van der Waals surface area contributed by atoms with E-state index in [0.717, 1.165) is 38.2 Å². The molecule has 0 atom stereocenters. The van der Waals surface area contributed by atoms with Gasteiger partial charge in [0.25, 0.3) is 5.91 Å². The van der Waals surface area contributed by atoms with Crippen molar-refractivity contribution in [1.82, 2.24) is 14.8 Å². The minimum Gasteiger partial charge on any atom is -0.493 e. The summed E-state index contributed by atoms with van der Waals surface area (Å²) in [5.74, 6) is 0.948. The SMILES string of the molecule is CCCOc1c(Cl)cc(C(=O)N2CCN(Cc3csc(CC)n3)CC2)cc1OC. The van der Waals surface area contributed by atoms with Gasteiger partial charge in [0, 0.05) is 43.7 Å². The Balaban J connectivity index is 1.62. The highest BCUT2D eigenvalue weighted by atomic mass is 35.5. The number of aromatic nitrogens is 1. The monoisotopic (exact) mass is 437 g/mol. The number of piperazine rings is 1. The molecule has 29 heavy (non-hydrogen) atoms. The van der Waals surface area contributed by atoms with Crippen LogP contribution >= 0.6 is 22.9 Å². The third kappa shape index (κ3) is 5.41. The first-order valence-electron chi connectivity index (χ1n) is 10.0. The molecule has 1 amide bonds. The van der Waals surface area contributed by atoms with Gasteiger partial charge in [0.15, 0.2) is 11.5 Å². The second-order valence-electron chi connectivity index (χ2n) is 6.99. The van der Waals surface area contributed by atoms with Crippen LogP contribution in [0.5, 0.6) is 11.5 Å². The molecule has 0 bridgehead atoms. The van der Waals surface area contributed by atoms with Crippen LogP contribution in [-0.4, -0.2) is 60.6 Å². The van der Waals surface area contributed by atoms with Gasteiger partial charge in [-0.25, -0.2) is 4.98 Å². The summed E-state index contributed by atoms with van der Waals surface area (Å²) in [6.45, 7) is 8.54. The van der Waals surface area contributed by atoms with Crippen molar-refractivity contribution >= 4 is 28.8 Å². The van der Waals surface area contributed by atoms with Crippen molar-refractivity contribution < 1.29 is 14.3 Å². The molecular weight excluding hydrogens is 410 g/mol. The Hall–Kier alpha value is -1.83. The molecule has 158 valence electrons. The lowest BCUT2D eigenvalue weighted by Gasteiger charge is -2.34. The predicted octanol–water partition coefficient (Wildman–Crippen LogP) is 4.11. The van der Waals surface area contributed by atoms with Crippen molar-refractivity contribution in [3.63, 3.8) is 0 Å². The lowest BCUT2D eigenvalue weighted by Crippen LogP contribution is -2.48. The Bertz CT molecular complexity index is 835. The Morgan fingerprint density at radius 2 is 2.00 bits per heavy atom. The fourth-order valence-corrected chi connectivity index (χ4v) is 4.29. The van der Waals surface area contributed by atoms with E-state index < -0.39 is 0 Å². The lowest BCUT2D eigenvalue weighted by atomic mass is 10.1. The minimum absolute atomic E-state index is 0.0335. The Morgan fingerprint density at radius 1 is 1.24 bits per heavy atom. The molecule has 1 saturated heterocycles. The van der Waals surface area contributed by atoms with Crippen LogP contribution in [-0.2, 0) is 13.0 Å². The number of hydrogen-bond acceptors (Lipinski definition) is 6. The van der Waals surface area contributed by atoms with Crippen LogP contribution in [0.3, 0.4) is 0 Å². The molecule has 0 N–H and O–H groups in total. The summed E-state index contributed by atoms with van der Waals surface area (Å²) in [6, 6.07) is 3.39. The summed E-state index contributed by atoms with van der Waals surface area (Å²) in [4.78, 5) is 21.8. The van der Waals surface area contributed by atoms with Crippen molar-refractivity contribution in [1.29, 1.82) is 0 Å². The molecule has 0 aliphatic carbocycles. The average molecular weight is 438 g/mol. The Morgan fingerprint density at radius 3 is 2.62 bits per heavy atom. The van der Waals surface area contributed by atoms with Gasteiger partial charge in [-0.2, -0.15) is 0 Å². The highest BCUT2D eigenvalue weighted by molar-refractivity contribution is 7.09. The molecule has 2 aromatic rings. The highest BCUT2D eigenvalue weighted by Crippen LogP contribution is 2.37. The second-order valence-corrected chi connectivity index (χ2v) is 8.34. The van der Waals surface area contributed by atoms with E-state index >= 15 is 0 Å². The topological polar surface area (TPSA) is 54.9 Å². The Kier molecular flexibility index (Phi) is 7.75. The van der Waals surface area contributed by atoms with Gasteiger partial charge in [-0.1, -0.05) is 25.4 Å². The first-order chi connectivity index (χ1) is 14.0. The average Bonchev–Trinajstić information content (AvgIpc) is 3.20. The van der Waals surface area contributed by atoms with E-state index in [0.29, 0.717) is 41.8 Å². The molecule has 1 aromatic heterocycles. The first-order valence-corrected chi connectivity index (χ1v) is 11.3. The summed E-state index contributed by atoms with van der Waals surface area (Å²) < 4.78 is 11.1. The molecule has 1 aliphatic rings. The van der Waals surface area contributed by atoms with E-state index in [2.05, 4.69) is 22.2 Å². The quantitative estimate of drug-likeness (QED) is 0.621. The smallest absolute Gasteiger partial charge is 0.254 e. The van der Waals surface area contributed by atoms with Crippen LogP contribution in [0.25, 0.3) is 0 Å². The molecule has 0 spiro atoms. The number of rotatable bonds is 8.